The van der Waals surface area contributed by atoms with Crippen LogP contribution in [0.25, 0.3) is 0 Å². The fraction of sp³-hybridized carbons (Fsp3) is 0.654. The summed E-state index contributed by atoms with van der Waals surface area (Å²) >= 11 is 1.60. The predicted octanol–water partition coefficient (Wildman–Crippen LogP) is 4.67. The Kier molecular flexibility index (Phi) is 9.85. The van der Waals surface area contributed by atoms with Crippen LogP contribution in [0.15, 0.2) is 30.3 Å². The molecule has 1 fully saturated rings. The zero-order chi connectivity index (χ0) is 25.5. The zero-order valence-electron chi connectivity index (χ0n) is 21.6. The summed E-state index contributed by atoms with van der Waals surface area (Å²) in [6, 6.07) is 7.78. The number of hydrogen-bond acceptors (Lipinski definition) is 5. The normalized spacial score (nSPS) is 16.1. The lowest BCUT2D eigenvalue weighted by atomic mass is 9.87. The first-order valence-electron chi connectivity index (χ1n) is 12.0. The highest BCUT2D eigenvalue weighted by atomic mass is 32.2. The van der Waals surface area contributed by atoms with E-state index < -0.39 is 29.3 Å². The minimum Gasteiger partial charge on any atom is -0.444 e. The number of nitrogens with one attached hydrogen (secondary N) is 2. The summed E-state index contributed by atoms with van der Waals surface area (Å²) in [6.07, 6.45) is 4.45. The molecule has 0 spiro atoms. The van der Waals surface area contributed by atoms with Crippen LogP contribution in [0.5, 0.6) is 0 Å². The van der Waals surface area contributed by atoms with Gasteiger partial charge in [-0.15, -0.1) is 0 Å². The van der Waals surface area contributed by atoms with Gasteiger partial charge in [0.25, 0.3) is 0 Å². The number of carbonyl (C=O) groups is 3. The van der Waals surface area contributed by atoms with Crippen molar-refractivity contribution in [3.05, 3.63) is 35.9 Å². The van der Waals surface area contributed by atoms with Crippen LogP contribution >= 0.6 is 11.8 Å². The van der Waals surface area contributed by atoms with Crippen LogP contribution in [0, 0.1) is 0 Å². The maximum absolute atomic E-state index is 14.0. The molecule has 0 radical (unpaired) electrons. The Morgan fingerprint density at radius 2 is 1.71 bits per heavy atom. The summed E-state index contributed by atoms with van der Waals surface area (Å²) in [7, 11) is 0. The van der Waals surface area contributed by atoms with Gasteiger partial charge in [-0.1, -0.05) is 30.3 Å². The third-order valence-electron chi connectivity index (χ3n) is 5.46. The van der Waals surface area contributed by atoms with Crippen LogP contribution in [0.1, 0.15) is 78.8 Å². The summed E-state index contributed by atoms with van der Waals surface area (Å²) in [4.78, 5) is 41.9. The Balaban J connectivity index is 2.43. The molecule has 1 aromatic rings. The molecule has 34 heavy (non-hydrogen) atoms. The molecule has 0 aromatic heterocycles. The van der Waals surface area contributed by atoms with Gasteiger partial charge in [-0.2, -0.15) is 11.8 Å². The van der Waals surface area contributed by atoms with Gasteiger partial charge in [0.15, 0.2) is 0 Å². The van der Waals surface area contributed by atoms with E-state index in [0.29, 0.717) is 12.2 Å². The molecular formula is C26H41N3O4S. The summed E-state index contributed by atoms with van der Waals surface area (Å²) in [6.45, 7) is 11.1. The number of hydrogen-bond donors (Lipinski definition) is 2. The number of nitrogens with zero attached hydrogens (tertiary/aromatic N) is 1. The van der Waals surface area contributed by atoms with E-state index in [1.165, 1.54) is 0 Å². The molecule has 2 rings (SSSR count). The molecule has 0 bridgehead atoms. The van der Waals surface area contributed by atoms with Crippen molar-refractivity contribution in [1.82, 2.24) is 15.5 Å². The van der Waals surface area contributed by atoms with E-state index in [2.05, 4.69) is 10.6 Å². The van der Waals surface area contributed by atoms with Gasteiger partial charge >= 0.3 is 6.09 Å². The standard InChI is InChI=1S/C26H41N3O4S/c1-25(2,3)28-22(30)21(18-12-9-8-10-13-18)29(19-14-11-15-19)23(31)20(16-17-34-7)27-24(32)33-26(4,5)6/h8-10,12-13,19-21H,11,14-17H2,1-7H3,(H,27,32)(H,28,30). The fourth-order valence-electron chi connectivity index (χ4n) is 3.82. The van der Waals surface area contributed by atoms with Crippen molar-refractivity contribution in [3.63, 3.8) is 0 Å². The first-order valence-corrected chi connectivity index (χ1v) is 13.4. The maximum atomic E-state index is 14.0. The first-order chi connectivity index (χ1) is 15.8. The second-order valence-electron chi connectivity index (χ2n) is 10.9. The fourth-order valence-corrected chi connectivity index (χ4v) is 4.29. The molecule has 1 aromatic carbocycles. The van der Waals surface area contributed by atoms with Crippen molar-refractivity contribution in [2.45, 2.75) is 96.5 Å². The molecule has 3 amide bonds. The molecule has 2 unspecified atom stereocenters. The van der Waals surface area contributed by atoms with Gasteiger partial charge in [-0.05, 0) is 84.8 Å². The van der Waals surface area contributed by atoms with Gasteiger partial charge < -0.3 is 20.3 Å². The van der Waals surface area contributed by atoms with Crippen molar-refractivity contribution >= 4 is 29.7 Å². The van der Waals surface area contributed by atoms with E-state index >= 15 is 0 Å². The number of carbonyl (C=O) groups excluding carboxylic acids is 3. The van der Waals surface area contributed by atoms with Crippen LogP contribution in [-0.2, 0) is 14.3 Å². The van der Waals surface area contributed by atoms with Gasteiger partial charge in [0.2, 0.25) is 11.8 Å². The van der Waals surface area contributed by atoms with Gasteiger partial charge in [0.05, 0.1) is 0 Å². The molecule has 0 aliphatic heterocycles. The van der Waals surface area contributed by atoms with Crippen molar-refractivity contribution in [2.75, 3.05) is 12.0 Å². The summed E-state index contributed by atoms with van der Waals surface area (Å²) in [5.74, 6) is 0.219. The van der Waals surface area contributed by atoms with E-state index in [4.69, 9.17) is 4.74 Å². The number of rotatable bonds is 9. The Morgan fingerprint density at radius 3 is 2.18 bits per heavy atom. The van der Waals surface area contributed by atoms with Gasteiger partial charge in [-0.3, -0.25) is 9.59 Å². The molecule has 1 saturated carbocycles. The Morgan fingerprint density at radius 1 is 1.09 bits per heavy atom. The minimum atomic E-state index is -0.782. The number of amides is 3. The highest BCUT2D eigenvalue weighted by Crippen LogP contribution is 2.34. The molecule has 8 heteroatoms. The van der Waals surface area contributed by atoms with E-state index in [-0.39, 0.29) is 17.9 Å². The van der Waals surface area contributed by atoms with Gasteiger partial charge in [-0.25, -0.2) is 4.79 Å². The molecule has 1 aliphatic carbocycles. The first kappa shape index (κ1) is 28.0. The van der Waals surface area contributed by atoms with E-state index in [1.54, 1.807) is 37.4 Å². The van der Waals surface area contributed by atoms with Gasteiger partial charge in [0.1, 0.15) is 17.7 Å². The third-order valence-corrected chi connectivity index (χ3v) is 6.11. The number of alkyl carbamates (subject to hydrolysis) is 1. The SMILES string of the molecule is CSCCC(NC(=O)OC(C)(C)C)C(=O)N(C1CCC1)C(C(=O)NC(C)(C)C)c1ccccc1. The molecule has 2 N–H and O–H groups in total. The number of ether oxygens (including phenoxy) is 1. The Labute approximate surface area is 208 Å². The molecule has 2 atom stereocenters. The maximum Gasteiger partial charge on any atom is 0.408 e. The topological polar surface area (TPSA) is 87.7 Å². The average Bonchev–Trinajstić information content (AvgIpc) is 2.66. The van der Waals surface area contributed by atoms with Crippen LogP contribution in [0.4, 0.5) is 4.79 Å². The van der Waals surface area contributed by atoms with Crippen molar-refractivity contribution in [2.24, 2.45) is 0 Å². The van der Waals surface area contributed by atoms with E-state index in [9.17, 15) is 14.4 Å². The second-order valence-corrected chi connectivity index (χ2v) is 11.8. The average molecular weight is 492 g/mol. The molecule has 0 heterocycles. The van der Waals surface area contributed by atoms with Crippen molar-refractivity contribution < 1.29 is 19.1 Å². The Hall–Kier alpha value is -2.22. The lowest BCUT2D eigenvalue weighted by Gasteiger charge is -2.44. The monoisotopic (exact) mass is 491 g/mol. The van der Waals surface area contributed by atoms with E-state index in [1.807, 2.05) is 57.4 Å². The zero-order valence-corrected chi connectivity index (χ0v) is 22.5. The smallest absolute Gasteiger partial charge is 0.408 e. The van der Waals surface area contributed by atoms with Crippen LogP contribution in [0.3, 0.4) is 0 Å². The third kappa shape index (κ3) is 8.53. The largest absolute Gasteiger partial charge is 0.444 e. The van der Waals surface area contributed by atoms with Crippen molar-refractivity contribution in [1.29, 1.82) is 0 Å². The number of thioether (sulfide) groups is 1. The molecule has 190 valence electrons. The number of benzene rings is 1. The molecule has 7 nitrogen and oxygen atoms in total. The molecule has 0 saturated heterocycles. The highest BCUT2D eigenvalue weighted by molar-refractivity contribution is 7.98. The van der Waals surface area contributed by atoms with Crippen LogP contribution in [0.2, 0.25) is 0 Å². The van der Waals surface area contributed by atoms with Gasteiger partial charge in [0, 0.05) is 11.6 Å². The Bertz CT molecular complexity index is 829. The minimum absolute atomic E-state index is 0.0550. The summed E-state index contributed by atoms with van der Waals surface area (Å²) in [5, 5.41) is 5.85. The highest BCUT2D eigenvalue weighted by Gasteiger charge is 2.42. The second kappa shape index (κ2) is 12.0. The molecule has 1 aliphatic rings. The lowest BCUT2D eigenvalue weighted by Crippen LogP contribution is -2.58. The van der Waals surface area contributed by atoms with E-state index in [0.717, 1.165) is 24.8 Å². The summed E-state index contributed by atoms with van der Waals surface area (Å²) in [5.41, 5.74) is -0.375. The predicted molar refractivity (Wildman–Crippen MR) is 138 cm³/mol. The summed E-state index contributed by atoms with van der Waals surface area (Å²) < 4.78 is 5.43. The lowest BCUT2D eigenvalue weighted by molar-refractivity contribution is -0.148. The van der Waals surface area contributed by atoms with Crippen molar-refractivity contribution in [3.8, 4) is 0 Å². The van der Waals surface area contributed by atoms with Crippen LogP contribution in [-0.4, -0.2) is 58.0 Å². The molecular weight excluding hydrogens is 450 g/mol. The quantitative estimate of drug-likeness (QED) is 0.524. The van der Waals surface area contributed by atoms with Crippen LogP contribution < -0.4 is 10.6 Å².